The molecule has 0 aromatic heterocycles. The van der Waals surface area contributed by atoms with E-state index < -0.39 is 97.5 Å². The molecule has 19 heteroatoms. The third-order valence-electron chi connectivity index (χ3n) is 20.0. The second-order valence-corrected chi connectivity index (χ2v) is 34.4. The van der Waals surface area contributed by atoms with Gasteiger partial charge in [0.25, 0.3) is 0 Å². The van der Waals surface area contributed by atoms with Crippen LogP contribution < -0.4 is 0 Å². The van der Waals surface area contributed by atoms with E-state index in [1.165, 1.54) is 270 Å². The van der Waals surface area contributed by atoms with Gasteiger partial charge in [-0.1, -0.05) is 401 Å². The van der Waals surface area contributed by atoms with E-state index in [0.29, 0.717) is 25.7 Å². The molecule has 0 aliphatic carbocycles. The van der Waals surface area contributed by atoms with Crippen molar-refractivity contribution in [1.29, 1.82) is 0 Å². The molecule has 0 fully saturated rings. The summed E-state index contributed by atoms with van der Waals surface area (Å²) in [7, 11) is -9.92. The minimum atomic E-state index is -4.96. The summed E-state index contributed by atoms with van der Waals surface area (Å²) in [4.78, 5) is 73.1. The van der Waals surface area contributed by atoms with Gasteiger partial charge < -0.3 is 33.8 Å². The largest absolute Gasteiger partial charge is 0.472 e. The van der Waals surface area contributed by atoms with Crippen molar-refractivity contribution in [3.8, 4) is 0 Å². The first kappa shape index (κ1) is 102. The van der Waals surface area contributed by atoms with Crippen LogP contribution in [0, 0.1) is 11.8 Å². The highest BCUT2D eigenvalue weighted by Crippen LogP contribution is 2.45. The first-order chi connectivity index (χ1) is 50.4. The van der Waals surface area contributed by atoms with E-state index in [9.17, 15) is 43.2 Å². The van der Waals surface area contributed by atoms with Crippen LogP contribution in [0.3, 0.4) is 0 Å². The summed E-state index contributed by atoms with van der Waals surface area (Å²) in [5.74, 6) is -0.566. The molecule has 0 aliphatic heterocycles. The lowest BCUT2D eigenvalue weighted by atomic mass is 10.0. The van der Waals surface area contributed by atoms with Crippen LogP contribution >= 0.6 is 15.6 Å². The Balaban J connectivity index is 5.18. The SMILES string of the molecule is CCCCCCCCCCCCCCCCCCCCCCCCC(=O)O[C@H](COC(=O)CCCCCCCCCCCCCCCCCCCCC(C)C)COP(=O)(O)OC[C@@H](O)COP(=O)(O)OC[C@@H](COC(=O)CCCCCCCCCCCC)OC(=O)CCCCCCCCCCC(C)C. The molecule has 2 unspecified atom stereocenters. The van der Waals surface area contributed by atoms with Crippen LogP contribution in [-0.4, -0.2) is 96.7 Å². The van der Waals surface area contributed by atoms with Gasteiger partial charge in [0.05, 0.1) is 26.4 Å². The van der Waals surface area contributed by atoms with Crippen molar-refractivity contribution in [1.82, 2.24) is 0 Å². The molecular weight excluding hydrogens is 1350 g/mol. The van der Waals surface area contributed by atoms with Crippen LogP contribution in [0.2, 0.25) is 0 Å². The van der Waals surface area contributed by atoms with Gasteiger partial charge in [0.1, 0.15) is 19.3 Å². The molecule has 0 bridgehead atoms. The van der Waals surface area contributed by atoms with E-state index in [1.54, 1.807) is 0 Å². The number of carbonyl (C=O) groups excluding carboxylic acids is 4. The topological polar surface area (TPSA) is 237 Å². The highest BCUT2D eigenvalue weighted by Gasteiger charge is 2.30. The lowest BCUT2D eigenvalue weighted by Crippen LogP contribution is -2.30. The molecule has 3 N–H and O–H groups in total. The molecule has 17 nitrogen and oxygen atoms in total. The van der Waals surface area contributed by atoms with E-state index in [4.69, 9.17) is 37.0 Å². The van der Waals surface area contributed by atoms with Gasteiger partial charge in [-0.15, -0.1) is 0 Å². The first-order valence-corrected chi connectivity index (χ1v) is 47.0. The molecule has 0 saturated heterocycles. The van der Waals surface area contributed by atoms with Gasteiger partial charge in [-0.2, -0.15) is 0 Å². The number of carbonyl (C=O) groups is 4. The molecule has 0 aromatic rings. The lowest BCUT2D eigenvalue weighted by Gasteiger charge is -2.21. The van der Waals surface area contributed by atoms with Gasteiger partial charge in [0.15, 0.2) is 12.2 Å². The van der Waals surface area contributed by atoms with Gasteiger partial charge in [-0.25, -0.2) is 9.13 Å². The minimum absolute atomic E-state index is 0.105. The fraction of sp³-hybridized carbons (Fsp3) is 0.953. The van der Waals surface area contributed by atoms with Gasteiger partial charge in [0.2, 0.25) is 0 Å². The minimum Gasteiger partial charge on any atom is -0.462 e. The summed E-state index contributed by atoms with van der Waals surface area (Å²) in [6, 6.07) is 0. The van der Waals surface area contributed by atoms with Crippen molar-refractivity contribution in [3.63, 3.8) is 0 Å². The number of hydrogen-bond donors (Lipinski definition) is 3. The summed E-state index contributed by atoms with van der Waals surface area (Å²) in [6.07, 6.45) is 68.3. The quantitative estimate of drug-likeness (QED) is 0.0222. The van der Waals surface area contributed by atoms with Crippen molar-refractivity contribution >= 4 is 39.5 Å². The van der Waals surface area contributed by atoms with Crippen molar-refractivity contribution in [2.24, 2.45) is 11.8 Å². The van der Waals surface area contributed by atoms with E-state index in [0.717, 1.165) is 102 Å². The Morgan fingerprint density at radius 3 is 0.654 bits per heavy atom. The van der Waals surface area contributed by atoms with Crippen LogP contribution in [0.15, 0.2) is 0 Å². The molecule has 618 valence electrons. The average molecular weight is 1520 g/mol. The molecule has 0 heterocycles. The van der Waals surface area contributed by atoms with Crippen molar-refractivity contribution < 1.29 is 80.2 Å². The van der Waals surface area contributed by atoms with Gasteiger partial charge in [-0.3, -0.25) is 37.3 Å². The summed E-state index contributed by atoms with van der Waals surface area (Å²) in [5.41, 5.74) is 0. The fourth-order valence-corrected chi connectivity index (χ4v) is 14.8. The Kier molecular flexibility index (Phi) is 75.0. The summed E-state index contributed by atoms with van der Waals surface area (Å²) in [5, 5.41) is 10.7. The van der Waals surface area contributed by atoms with E-state index in [1.807, 2.05) is 0 Å². The molecule has 0 aliphatic rings. The van der Waals surface area contributed by atoms with Gasteiger partial charge >= 0.3 is 39.5 Å². The maximum atomic E-state index is 13.1. The number of ether oxygens (including phenoxy) is 4. The number of phosphoric ester groups is 2. The summed E-state index contributed by atoms with van der Waals surface area (Å²) >= 11 is 0. The molecule has 0 rings (SSSR count). The number of esters is 4. The number of rotatable bonds is 84. The molecule has 104 heavy (non-hydrogen) atoms. The van der Waals surface area contributed by atoms with Crippen molar-refractivity contribution in [2.45, 2.75) is 471 Å². The fourth-order valence-electron chi connectivity index (χ4n) is 13.2. The van der Waals surface area contributed by atoms with E-state index in [-0.39, 0.29) is 25.7 Å². The Bertz CT molecular complexity index is 1990. The molecule has 0 saturated carbocycles. The maximum Gasteiger partial charge on any atom is 0.472 e. The predicted octanol–water partition coefficient (Wildman–Crippen LogP) is 25.8. The Labute approximate surface area is 638 Å². The number of aliphatic hydroxyl groups is 1. The zero-order valence-corrected chi connectivity index (χ0v) is 70.1. The lowest BCUT2D eigenvalue weighted by molar-refractivity contribution is -0.161. The van der Waals surface area contributed by atoms with Crippen LogP contribution in [0.25, 0.3) is 0 Å². The van der Waals surface area contributed by atoms with Crippen molar-refractivity contribution in [3.05, 3.63) is 0 Å². The standard InChI is InChI=1S/C85H166O17P2/c1-7-9-11-13-15-17-19-20-21-22-23-24-25-26-31-34-37-40-44-51-57-63-69-84(89)101-80(73-96-83(88)68-62-56-50-43-39-36-33-30-28-27-29-32-35-38-41-47-53-59-65-77(3)4)75-99-103(91,92)97-71-79(86)72-98-104(93,94)100-76-81(74-95-82(87)67-61-55-49-42-18-16-14-12-10-8-2)102-85(90)70-64-58-52-46-45-48-54-60-66-78(5)6/h77-81,86H,7-76H2,1-6H3,(H,91,92)(H,93,94)/t79-,80-,81-/m1/s1. The summed E-state index contributed by atoms with van der Waals surface area (Å²) in [6.45, 7) is 9.64. The molecule has 0 aromatic carbocycles. The first-order valence-electron chi connectivity index (χ1n) is 44.0. The van der Waals surface area contributed by atoms with Crippen molar-refractivity contribution in [2.75, 3.05) is 39.6 Å². The van der Waals surface area contributed by atoms with Crippen LogP contribution in [0.5, 0.6) is 0 Å². The zero-order valence-electron chi connectivity index (χ0n) is 68.3. The maximum absolute atomic E-state index is 13.1. The van der Waals surface area contributed by atoms with E-state index >= 15 is 0 Å². The Hall–Kier alpha value is -1.94. The number of hydrogen-bond acceptors (Lipinski definition) is 15. The smallest absolute Gasteiger partial charge is 0.462 e. The molecule has 0 amide bonds. The summed E-state index contributed by atoms with van der Waals surface area (Å²) < 4.78 is 68.8. The van der Waals surface area contributed by atoms with Crippen LogP contribution in [0.1, 0.15) is 452 Å². The Morgan fingerprint density at radius 1 is 0.260 bits per heavy atom. The normalized spacial score (nSPS) is 13.8. The third kappa shape index (κ3) is 78.2. The molecular formula is C85H166O17P2. The van der Waals surface area contributed by atoms with Crippen LogP contribution in [0.4, 0.5) is 0 Å². The third-order valence-corrected chi connectivity index (χ3v) is 21.9. The van der Waals surface area contributed by atoms with Gasteiger partial charge in [-0.05, 0) is 37.5 Å². The number of aliphatic hydroxyl groups excluding tert-OH is 1. The highest BCUT2D eigenvalue weighted by molar-refractivity contribution is 7.47. The number of unbranched alkanes of at least 4 members (excludes halogenated alkanes) is 54. The van der Waals surface area contributed by atoms with Crippen LogP contribution in [-0.2, 0) is 65.4 Å². The molecule has 0 spiro atoms. The predicted molar refractivity (Wildman–Crippen MR) is 428 cm³/mol. The van der Waals surface area contributed by atoms with E-state index in [2.05, 4.69) is 41.5 Å². The van der Waals surface area contributed by atoms with Gasteiger partial charge in [0, 0.05) is 25.7 Å². The monoisotopic (exact) mass is 1520 g/mol. The number of phosphoric acid groups is 2. The zero-order chi connectivity index (χ0) is 76.4. The molecule has 5 atom stereocenters. The molecule has 0 radical (unpaired) electrons. The second kappa shape index (κ2) is 76.4. The highest BCUT2D eigenvalue weighted by atomic mass is 31.2. The second-order valence-electron chi connectivity index (χ2n) is 31.5. The Morgan fingerprint density at radius 2 is 0.442 bits per heavy atom. The average Bonchev–Trinajstić information content (AvgIpc) is 0.904.